The molecular formula is C8H11F3O. The molecular weight excluding hydrogens is 169 g/mol. The number of alkyl halides is 3. The molecule has 0 radical (unpaired) electrons. The minimum atomic E-state index is -4.26. The third-order valence-electron chi connectivity index (χ3n) is 1.42. The highest BCUT2D eigenvalue weighted by Gasteiger charge is 2.39. The minimum absolute atomic E-state index is 0.127. The number of hydrogen-bond acceptors (Lipinski definition) is 1. The van der Waals surface area contributed by atoms with E-state index in [1.165, 1.54) is 13.0 Å². The highest BCUT2D eigenvalue weighted by molar-refractivity contribution is 4.99. The topological polar surface area (TPSA) is 9.23 Å². The van der Waals surface area contributed by atoms with E-state index in [1.54, 1.807) is 0 Å². The van der Waals surface area contributed by atoms with Crippen LogP contribution in [0.2, 0.25) is 0 Å². The molecule has 0 aliphatic rings. The number of halogens is 3. The number of ether oxygens (including phenoxy) is 1. The summed E-state index contributed by atoms with van der Waals surface area (Å²) in [5.74, 6) is -1.71. The van der Waals surface area contributed by atoms with Crippen LogP contribution in [0.25, 0.3) is 0 Å². The van der Waals surface area contributed by atoms with Crippen LogP contribution in [0.15, 0.2) is 24.7 Å². The van der Waals surface area contributed by atoms with E-state index in [1.807, 2.05) is 0 Å². The summed E-state index contributed by atoms with van der Waals surface area (Å²) < 4.78 is 40.7. The predicted molar refractivity (Wildman–Crippen MR) is 40.3 cm³/mol. The van der Waals surface area contributed by atoms with Crippen LogP contribution >= 0.6 is 0 Å². The molecule has 4 heteroatoms. The molecule has 70 valence electrons. The van der Waals surface area contributed by atoms with Gasteiger partial charge in [-0.15, -0.1) is 0 Å². The average molecular weight is 180 g/mol. The molecule has 0 saturated carbocycles. The molecule has 12 heavy (non-hydrogen) atoms. The van der Waals surface area contributed by atoms with Gasteiger partial charge in [0.15, 0.2) is 0 Å². The van der Waals surface area contributed by atoms with Crippen LogP contribution < -0.4 is 0 Å². The Morgan fingerprint density at radius 2 is 2.00 bits per heavy atom. The summed E-state index contributed by atoms with van der Waals surface area (Å²) in [7, 11) is 0. The third kappa shape index (κ3) is 2.98. The van der Waals surface area contributed by atoms with E-state index >= 15 is 0 Å². The van der Waals surface area contributed by atoms with Gasteiger partial charge in [0.1, 0.15) is 11.7 Å². The van der Waals surface area contributed by atoms with E-state index in [2.05, 4.69) is 11.3 Å². The lowest BCUT2D eigenvalue weighted by Gasteiger charge is -2.17. The second-order valence-corrected chi connectivity index (χ2v) is 2.24. The van der Waals surface area contributed by atoms with Gasteiger partial charge < -0.3 is 4.74 Å². The maximum atomic E-state index is 12.1. The first-order valence-electron chi connectivity index (χ1n) is 3.44. The molecule has 0 aromatic carbocycles. The SMILES string of the molecule is C=CO/C(=C\C)C(C)C(F)(F)F. The zero-order valence-electron chi connectivity index (χ0n) is 6.98. The molecule has 0 spiro atoms. The molecule has 0 heterocycles. The molecule has 0 aliphatic heterocycles. The van der Waals surface area contributed by atoms with Gasteiger partial charge in [-0.3, -0.25) is 0 Å². The van der Waals surface area contributed by atoms with Gasteiger partial charge in [0.2, 0.25) is 0 Å². The minimum Gasteiger partial charge on any atom is -0.470 e. The molecule has 0 aromatic rings. The van der Waals surface area contributed by atoms with E-state index in [4.69, 9.17) is 0 Å². The van der Waals surface area contributed by atoms with Gasteiger partial charge in [-0.2, -0.15) is 13.2 Å². The molecule has 0 aliphatic carbocycles. The van der Waals surface area contributed by atoms with Crippen LogP contribution in [-0.4, -0.2) is 6.18 Å². The zero-order valence-corrected chi connectivity index (χ0v) is 6.98. The molecule has 1 unspecified atom stereocenters. The molecule has 0 amide bonds. The first-order valence-corrected chi connectivity index (χ1v) is 3.44. The van der Waals surface area contributed by atoms with Gasteiger partial charge in [0.25, 0.3) is 0 Å². The maximum Gasteiger partial charge on any atom is 0.398 e. The van der Waals surface area contributed by atoms with Crippen LogP contribution in [0, 0.1) is 5.92 Å². The van der Waals surface area contributed by atoms with Gasteiger partial charge in [0.05, 0.1) is 6.26 Å². The Morgan fingerprint density at radius 1 is 1.50 bits per heavy atom. The van der Waals surface area contributed by atoms with Crippen molar-refractivity contribution in [2.24, 2.45) is 5.92 Å². The number of rotatable bonds is 3. The van der Waals surface area contributed by atoms with Gasteiger partial charge in [0, 0.05) is 0 Å². The lowest BCUT2D eigenvalue weighted by Crippen LogP contribution is -2.22. The second-order valence-electron chi connectivity index (χ2n) is 2.24. The Morgan fingerprint density at radius 3 is 2.25 bits per heavy atom. The summed E-state index contributed by atoms with van der Waals surface area (Å²) in [6.07, 6.45) is -2.00. The van der Waals surface area contributed by atoms with Crippen molar-refractivity contribution in [2.75, 3.05) is 0 Å². The first-order chi connectivity index (χ1) is 5.43. The molecule has 0 bridgehead atoms. The van der Waals surface area contributed by atoms with E-state index in [0.29, 0.717) is 0 Å². The Kier molecular flexibility index (Phi) is 3.86. The summed E-state index contributed by atoms with van der Waals surface area (Å²) >= 11 is 0. The van der Waals surface area contributed by atoms with Crippen molar-refractivity contribution >= 4 is 0 Å². The number of allylic oxidation sites excluding steroid dienone is 2. The normalized spacial score (nSPS) is 15.6. The lowest BCUT2D eigenvalue weighted by atomic mass is 10.1. The largest absolute Gasteiger partial charge is 0.470 e. The molecule has 0 rings (SSSR count). The van der Waals surface area contributed by atoms with Gasteiger partial charge in [-0.1, -0.05) is 6.58 Å². The predicted octanol–water partition coefficient (Wildman–Crippen LogP) is 3.25. The Balaban J connectivity index is 4.43. The number of hydrogen-bond donors (Lipinski definition) is 0. The van der Waals surface area contributed by atoms with Crippen molar-refractivity contribution in [2.45, 2.75) is 20.0 Å². The van der Waals surface area contributed by atoms with Gasteiger partial charge in [-0.05, 0) is 19.9 Å². The van der Waals surface area contributed by atoms with Crippen LogP contribution in [-0.2, 0) is 4.74 Å². The molecule has 0 fully saturated rings. The molecule has 0 saturated heterocycles. The quantitative estimate of drug-likeness (QED) is 0.606. The summed E-state index contributed by atoms with van der Waals surface area (Å²) in [5.41, 5.74) is 0. The summed E-state index contributed by atoms with van der Waals surface area (Å²) in [6.45, 7) is 5.71. The van der Waals surface area contributed by atoms with Gasteiger partial charge in [-0.25, -0.2) is 0 Å². The van der Waals surface area contributed by atoms with E-state index < -0.39 is 12.1 Å². The lowest BCUT2D eigenvalue weighted by molar-refractivity contribution is -0.166. The van der Waals surface area contributed by atoms with Crippen molar-refractivity contribution in [3.8, 4) is 0 Å². The average Bonchev–Trinajstić information content (AvgIpc) is 1.97. The Labute approximate surface area is 69.5 Å². The molecule has 0 aromatic heterocycles. The molecule has 0 N–H and O–H groups in total. The second kappa shape index (κ2) is 4.18. The van der Waals surface area contributed by atoms with Gasteiger partial charge >= 0.3 is 6.18 Å². The van der Waals surface area contributed by atoms with Crippen molar-refractivity contribution in [1.82, 2.24) is 0 Å². The van der Waals surface area contributed by atoms with E-state index in [0.717, 1.165) is 13.2 Å². The fourth-order valence-electron chi connectivity index (χ4n) is 0.678. The van der Waals surface area contributed by atoms with E-state index in [9.17, 15) is 13.2 Å². The smallest absolute Gasteiger partial charge is 0.398 e. The Hall–Kier alpha value is -0.930. The highest BCUT2D eigenvalue weighted by atomic mass is 19.4. The zero-order chi connectivity index (χ0) is 9.78. The van der Waals surface area contributed by atoms with Crippen LogP contribution in [0.3, 0.4) is 0 Å². The summed E-state index contributed by atoms with van der Waals surface area (Å²) in [6, 6.07) is 0. The Bertz CT molecular complexity index is 181. The fourth-order valence-corrected chi connectivity index (χ4v) is 0.678. The molecule has 1 atom stereocenters. The first kappa shape index (κ1) is 11.1. The molecule has 1 nitrogen and oxygen atoms in total. The maximum absolute atomic E-state index is 12.1. The third-order valence-corrected chi connectivity index (χ3v) is 1.42. The van der Waals surface area contributed by atoms with E-state index in [-0.39, 0.29) is 5.76 Å². The van der Waals surface area contributed by atoms with Crippen molar-refractivity contribution in [3.05, 3.63) is 24.7 Å². The highest BCUT2D eigenvalue weighted by Crippen LogP contribution is 2.31. The van der Waals surface area contributed by atoms with Crippen molar-refractivity contribution in [1.29, 1.82) is 0 Å². The van der Waals surface area contributed by atoms with Crippen molar-refractivity contribution in [3.63, 3.8) is 0 Å². The standard InChI is InChI=1S/C8H11F3O/c1-4-7(12-5-2)6(3)8(9,10)11/h4-6H,2H2,1,3H3/b7-4-. The van der Waals surface area contributed by atoms with Crippen molar-refractivity contribution < 1.29 is 17.9 Å². The van der Waals surface area contributed by atoms with Crippen LogP contribution in [0.4, 0.5) is 13.2 Å². The van der Waals surface area contributed by atoms with Crippen LogP contribution in [0.1, 0.15) is 13.8 Å². The summed E-state index contributed by atoms with van der Waals surface area (Å²) in [5, 5.41) is 0. The fraction of sp³-hybridized carbons (Fsp3) is 0.500. The summed E-state index contributed by atoms with van der Waals surface area (Å²) in [4.78, 5) is 0. The van der Waals surface area contributed by atoms with Crippen LogP contribution in [0.5, 0.6) is 0 Å². The monoisotopic (exact) mass is 180 g/mol.